The highest BCUT2D eigenvalue weighted by atomic mass is 16.5. The van der Waals surface area contributed by atoms with E-state index in [1.165, 1.54) is 4.90 Å². The molecule has 0 aromatic carbocycles. The lowest BCUT2D eigenvalue weighted by Crippen LogP contribution is -2.60. The molecule has 3 fully saturated rings. The number of carbonyl (C=O) groups is 3. The third-order valence-electron chi connectivity index (χ3n) is 7.83. The molecule has 0 aromatic heterocycles. The Morgan fingerprint density at radius 2 is 1.97 bits per heavy atom. The number of carbonyl (C=O) groups excluding carboxylic acids is 2. The largest absolute Gasteiger partial charge is 0.481 e. The molecule has 3 rings (SSSR count). The minimum Gasteiger partial charge on any atom is -0.481 e. The number of carboxylic acids is 1. The van der Waals surface area contributed by atoms with Crippen molar-refractivity contribution in [3.8, 4) is 0 Å². The summed E-state index contributed by atoms with van der Waals surface area (Å²) < 4.78 is 6.50. The number of aliphatic hydroxyl groups is 1. The Morgan fingerprint density at radius 1 is 1.34 bits per heavy atom. The first-order valence-electron chi connectivity index (χ1n) is 11.6. The second-order valence-corrected chi connectivity index (χ2v) is 10.6. The number of hydrogen-bond acceptors (Lipinski definition) is 5. The quantitative estimate of drug-likeness (QED) is 0.520. The van der Waals surface area contributed by atoms with Crippen molar-refractivity contribution in [1.29, 1.82) is 0 Å². The van der Waals surface area contributed by atoms with Crippen molar-refractivity contribution in [2.45, 2.75) is 83.7 Å². The first-order chi connectivity index (χ1) is 14.9. The van der Waals surface area contributed by atoms with Crippen molar-refractivity contribution < 1.29 is 29.3 Å². The normalized spacial score (nSPS) is 36.7. The fourth-order valence-electron chi connectivity index (χ4n) is 6.40. The molecule has 1 spiro atoms. The Balaban J connectivity index is 2.19. The van der Waals surface area contributed by atoms with E-state index in [1.807, 2.05) is 34.6 Å². The van der Waals surface area contributed by atoms with E-state index in [2.05, 4.69) is 6.58 Å². The van der Waals surface area contributed by atoms with Gasteiger partial charge in [-0.25, -0.2) is 0 Å². The van der Waals surface area contributed by atoms with Gasteiger partial charge < -0.3 is 24.7 Å². The van der Waals surface area contributed by atoms with Crippen LogP contribution in [0.25, 0.3) is 0 Å². The van der Waals surface area contributed by atoms with Gasteiger partial charge in [-0.1, -0.05) is 26.8 Å². The second-order valence-electron chi connectivity index (χ2n) is 10.6. The lowest BCUT2D eigenvalue weighted by Gasteiger charge is -2.41. The Hall–Kier alpha value is -1.93. The van der Waals surface area contributed by atoms with Gasteiger partial charge in [-0.15, -0.1) is 6.58 Å². The van der Waals surface area contributed by atoms with Gasteiger partial charge in [-0.3, -0.25) is 14.4 Å². The fourth-order valence-corrected chi connectivity index (χ4v) is 6.40. The van der Waals surface area contributed by atoms with Crippen molar-refractivity contribution in [1.82, 2.24) is 9.80 Å². The number of fused-ring (bicyclic) bond motifs is 1. The van der Waals surface area contributed by atoms with E-state index in [0.717, 1.165) is 0 Å². The second kappa shape index (κ2) is 8.45. The summed E-state index contributed by atoms with van der Waals surface area (Å²) in [5.41, 5.74) is -2.24. The van der Waals surface area contributed by atoms with Crippen LogP contribution in [0.3, 0.4) is 0 Å². The molecule has 2 amide bonds. The Kier molecular flexibility index (Phi) is 6.52. The standard InChI is InChI=1S/C24H38N2O6/c1-8-9-25(14(4)5)21(29)19-24-11-15(6)23(7,32-24)18(22(30)31)17(24)20(28)26(19)16(12-27)10-13(2)3/h8,13-19,27H,1,9-12H2,2-7H3,(H,30,31)/t15?,16-,17+,18-,19?,23+,24?/m1/s1. The van der Waals surface area contributed by atoms with Crippen LogP contribution < -0.4 is 0 Å². The van der Waals surface area contributed by atoms with Gasteiger partial charge in [0.25, 0.3) is 0 Å². The van der Waals surface area contributed by atoms with Crippen molar-refractivity contribution in [3.05, 3.63) is 12.7 Å². The molecular formula is C24H38N2O6. The zero-order valence-electron chi connectivity index (χ0n) is 20.1. The minimum absolute atomic E-state index is 0.132. The average Bonchev–Trinajstić information content (AvgIpc) is 3.20. The van der Waals surface area contributed by atoms with E-state index in [-0.39, 0.29) is 30.4 Å². The third-order valence-corrected chi connectivity index (χ3v) is 7.83. The summed E-state index contributed by atoms with van der Waals surface area (Å²) in [6, 6.07) is -1.71. The summed E-state index contributed by atoms with van der Waals surface area (Å²) in [7, 11) is 0. The molecule has 180 valence electrons. The highest BCUT2D eigenvalue weighted by molar-refractivity contribution is 5.98. The van der Waals surface area contributed by atoms with Crippen LogP contribution in [0, 0.1) is 23.7 Å². The van der Waals surface area contributed by atoms with Crippen LogP contribution in [0.5, 0.6) is 0 Å². The number of nitrogens with zero attached hydrogens (tertiary/aromatic N) is 2. The van der Waals surface area contributed by atoms with Gasteiger partial charge in [0.15, 0.2) is 0 Å². The predicted octanol–water partition coefficient (Wildman–Crippen LogP) is 1.91. The lowest BCUT2D eigenvalue weighted by molar-refractivity contribution is -0.160. The van der Waals surface area contributed by atoms with E-state index in [0.29, 0.717) is 19.4 Å². The number of likely N-dealkylation sites (tertiary alicyclic amines) is 1. The van der Waals surface area contributed by atoms with Crippen molar-refractivity contribution in [2.75, 3.05) is 13.2 Å². The summed E-state index contributed by atoms with van der Waals surface area (Å²) in [6.07, 6.45) is 2.57. The average molecular weight is 451 g/mol. The molecule has 2 N–H and O–H groups in total. The molecule has 0 aliphatic carbocycles. The van der Waals surface area contributed by atoms with E-state index in [4.69, 9.17) is 4.74 Å². The highest BCUT2D eigenvalue weighted by Gasteiger charge is 2.80. The molecule has 8 nitrogen and oxygen atoms in total. The molecule has 0 saturated carbocycles. The van der Waals surface area contributed by atoms with Crippen LogP contribution in [0.15, 0.2) is 12.7 Å². The lowest BCUT2D eigenvalue weighted by atomic mass is 9.62. The van der Waals surface area contributed by atoms with E-state index in [9.17, 15) is 24.6 Å². The molecular weight excluding hydrogens is 412 g/mol. The number of carboxylic acid groups (broad SMARTS) is 1. The maximum Gasteiger partial charge on any atom is 0.310 e. The summed E-state index contributed by atoms with van der Waals surface area (Å²) in [4.78, 5) is 43.4. The van der Waals surface area contributed by atoms with Crippen LogP contribution >= 0.6 is 0 Å². The summed E-state index contributed by atoms with van der Waals surface area (Å²) in [5, 5.41) is 20.3. The number of aliphatic carboxylic acids is 1. The predicted molar refractivity (Wildman–Crippen MR) is 119 cm³/mol. The molecule has 0 aromatic rings. The minimum atomic E-state index is -1.22. The van der Waals surface area contributed by atoms with E-state index < -0.39 is 47.0 Å². The topological polar surface area (TPSA) is 107 Å². The molecule has 2 bridgehead atoms. The number of amides is 2. The van der Waals surface area contributed by atoms with Gasteiger partial charge in [0.05, 0.1) is 24.2 Å². The molecule has 3 aliphatic rings. The Bertz CT molecular complexity index is 797. The summed E-state index contributed by atoms with van der Waals surface area (Å²) in [5.74, 6) is -3.70. The zero-order valence-corrected chi connectivity index (χ0v) is 20.1. The van der Waals surface area contributed by atoms with E-state index >= 15 is 0 Å². The van der Waals surface area contributed by atoms with Gasteiger partial charge >= 0.3 is 5.97 Å². The maximum absolute atomic E-state index is 14.0. The van der Waals surface area contributed by atoms with Crippen LogP contribution in [-0.4, -0.2) is 80.3 Å². The smallest absolute Gasteiger partial charge is 0.310 e. The number of aliphatic hydroxyl groups excluding tert-OH is 1. The summed E-state index contributed by atoms with van der Waals surface area (Å²) in [6.45, 7) is 15.2. The Morgan fingerprint density at radius 3 is 2.44 bits per heavy atom. The van der Waals surface area contributed by atoms with Crippen LogP contribution in [0.2, 0.25) is 0 Å². The van der Waals surface area contributed by atoms with Crippen molar-refractivity contribution in [3.63, 3.8) is 0 Å². The maximum atomic E-state index is 14.0. The third kappa shape index (κ3) is 3.37. The molecule has 3 saturated heterocycles. The molecule has 3 unspecified atom stereocenters. The molecule has 0 radical (unpaired) electrons. The van der Waals surface area contributed by atoms with Crippen LogP contribution in [-0.2, 0) is 19.1 Å². The SMILES string of the molecule is C=CCN(C(=O)C1N([C@@H](CO)CC(C)C)C(=O)[C@@H]2[C@H](C(=O)O)[C@@]3(C)OC12CC3C)C(C)C. The first-order valence-corrected chi connectivity index (χ1v) is 11.6. The van der Waals surface area contributed by atoms with Crippen molar-refractivity contribution >= 4 is 17.8 Å². The number of hydrogen-bond donors (Lipinski definition) is 2. The van der Waals surface area contributed by atoms with E-state index in [1.54, 1.807) is 17.9 Å². The van der Waals surface area contributed by atoms with Gasteiger partial charge in [-0.2, -0.15) is 0 Å². The molecule has 3 heterocycles. The number of rotatable bonds is 9. The fraction of sp³-hybridized carbons (Fsp3) is 0.792. The van der Waals surface area contributed by atoms with Gasteiger partial charge in [0, 0.05) is 12.6 Å². The van der Waals surface area contributed by atoms with Crippen LogP contribution in [0.4, 0.5) is 0 Å². The summed E-state index contributed by atoms with van der Waals surface area (Å²) >= 11 is 0. The van der Waals surface area contributed by atoms with Gasteiger partial charge in [0.2, 0.25) is 11.8 Å². The molecule has 8 heteroatoms. The molecule has 32 heavy (non-hydrogen) atoms. The highest BCUT2D eigenvalue weighted by Crippen LogP contribution is 2.65. The van der Waals surface area contributed by atoms with Crippen LogP contribution in [0.1, 0.15) is 54.4 Å². The first kappa shape index (κ1) is 24.7. The van der Waals surface area contributed by atoms with Gasteiger partial charge in [-0.05, 0) is 45.4 Å². The zero-order chi connectivity index (χ0) is 24.2. The van der Waals surface area contributed by atoms with Gasteiger partial charge in [0.1, 0.15) is 17.6 Å². The molecule has 3 aliphatic heterocycles. The van der Waals surface area contributed by atoms with Crippen molar-refractivity contribution in [2.24, 2.45) is 23.7 Å². The molecule has 7 atom stereocenters. The number of ether oxygens (including phenoxy) is 1. The monoisotopic (exact) mass is 450 g/mol. The Labute approximate surface area is 190 Å².